The lowest BCUT2D eigenvalue weighted by atomic mass is 9.73. The Morgan fingerprint density at radius 1 is 1.05 bits per heavy atom. The summed E-state index contributed by atoms with van der Waals surface area (Å²) in [5.74, 6) is 0. The fourth-order valence-electron chi connectivity index (χ4n) is 3.26. The Morgan fingerprint density at radius 3 is 2.05 bits per heavy atom. The highest BCUT2D eigenvalue weighted by atomic mass is 35.5. The highest BCUT2D eigenvalue weighted by molar-refractivity contribution is 5.85. The maximum absolute atomic E-state index is 12.3. The van der Waals surface area contributed by atoms with Gasteiger partial charge in [0.2, 0.25) is 0 Å². The van der Waals surface area contributed by atoms with Crippen molar-refractivity contribution in [2.24, 2.45) is 5.41 Å². The quantitative estimate of drug-likeness (QED) is 0.689. The van der Waals surface area contributed by atoms with Crippen LogP contribution in [0.15, 0.2) is 0 Å². The minimum absolute atomic E-state index is 0. The third-order valence-electron chi connectivity index (χ3n) is 4.83. The molecule has 0 radical (unpaired) electrons. The molecule has 3 heterocycles. The van der Waals surface area contributed by atoms with Crippen LogP contribution in [0.5, 0.6) is 0 Å². The highest BCUT2D eigenvalue weighted by Crippen LogP contribution is 2.35. The monoisotopic (exact) mass is 289 g/mol. The van der Waals surface area contributed by atoms with Crippen LogP contribution in [0.1, 0.15) is 25.7 Å². The number of carbonyl (C=O) groups excluding carboxylic acids is 1. The summed E-state index contributed by atoms with van der Waals surface area (Å²) in [5.41, 5.74) is 0.495. The fourth-order valence-corrected chi connectivity index (χ4v) is 3.26. The molecule has 3 aliphatic rings. The number of carbonyl (C=O) groups is 1. The first-order valence-corrected chi connectivity index (χ1v) is 7.11. The van der Waals surface area contributed by atoms with Crippen LogP contribution in [0.4, 0.5) is 4.79 Å². The number of amides is 2. The third-order valence-corrected chi connectivity index (χ3v) is 4.83. The summed E-state index contributed by atoms with van der Waals surface area (Å²) in [6, 6.07) is 0.184. The molecule has 3 aliphatic heterocycles. The average Bonchev–Trinajstić information content (AvgIpc) is 2.37. The van der Waals surface area contributed by atoms with Crippen molar-refractivity contribution in [2.75, 3.05) is 39.3 Å². The molecular formula is C13H24ClN3O2. The Labute approximate surface area is 120 Å². The molecule has 5 nitrogen and oxygen atoms in total. The van der Waals surface area contributed by atoms with Crippen LogP contribution in [-0.2, 0) is 0 Å². The summed E-state index contributed by atoms with van der Waals surface area (Å²) in [7, 11) is 0. The van der Waals surface area contributed by atoms with Gasteiger partial charge < -0.3 is 20.2 Å². The van der Waals surface area contributed by atoms with Crippen molar-refractivity contribution in [1.82, 2.24) is 15.1 Å². The summed E-state index contributed by atoms with van der Waals surface area (Å²) in [5, 5.41) is 12.8. The van der Waals surface area contributed by atoms with Crippen molar-refractivity contribution in [3.05, 3.63) is 0 Å². The number of aliphatic hydroxyl groups excluding tert-OH is 1. The summed E-state index contributed by atoms with van der Waals surface area (Å²) >= 11 is 0. The normalized spacial score (nSPS) is 26.8. The molecule has 0 aromatic heterocycles. The van der Waals surface area contributed by atoms with Gasteiger partial charge in [0.1, 0.15) is 0 Å². The molecule has 0 aliphatic carbocycles. The molecule has 2 N–H and O–H groups in total. The zero-order valence-corrected chi connectivity index (χ0v) is 12.1. The van der Waals surface area contributed by atoms with E-state index in [1.165, 1.54) is 0 Å². The molecular weight excluding hydrogens is 266 g/mol. The zero-order valence-electron chi connectivity index (χ0n) is 11.3. The largest absolute Gasteiger partial charge is 0.393 e. The minimum atomic E-state index is -0.209. The first kappa shape index (κ1) is 14.9. The predicted molar refractivity (Wildman–Crippen MR) is 75.6 cm³/mol. The predicted octanol–water partition coefficient (Wildman–Crippen LogP) is 0.670. The topological polar surface area (TPSA) is 55.8 Å². The van der Waals surface area contributed by atoms with Crippen LogP contribution < -0.4 is 5.32 Å². The molecule has 2 amide bonds. The average molecular weight is 290 g/mol. The van der Waals surface area contributed by atoms with Crippen molar-refractivity contribution in [2.45, 2.75) is 31.8 Å². The van der Waals surface area contributed by atoms with E-state index in [0.29, 0.717) is 18.5 Å². The fraction of sp³-hybridized carbons (Fsp3) is 0.923. The van der Waals surface area contributed by atoms with Crippen molar-refractivity contribution in [1.29, 1.82) is 0 Å². The number of piperidine rings is 2. The van der Waals surface area contributed by atoms with Gasteiger partial charge in [-0.15, -0.1) is 12.4 Å². The standard InChI is InChI=1S/C13H23N3O2.ClH/c17-11-1-5-15(6-2-11)12(18)16-7-3-13(4-8-16)9-14-10-13;/h11,14,17H,1-10H2;1H. The van der Waals surface area contributed by atoms with Crippen LogP contribution >= 0.6 is 12.4 Å². The van der Waals surface area contributed by atoms with Crippen molar-refractivity contribution >= 4 is 18.4 Å². The Kier molecular flexibility index (Phi) is 4.58. The Hall–Kier alpha value is -0.520. The number of nitrogens with zero attached hydrogens (tertiary/aromatic N) is 2. The number of hydrogen-bond acceptors (Lipinski definition) is 3. The van der Waals surface area contributed by atoms with Crippen LogP contribution in [0.2, 0.25) is 0 Å². The molecule has 3 fully saturated rings. The summed E-state index contributed by atoms with van der Waals surface area (Å²) in [6.45, 7) is 5.49. The molecule has 0 saturated carbocycles. The number of urea groups is 1. The summed E-state index contributed by atoms with van der Waals surface area (Å²) < 4.78 is 0. The molecule has 3 saturated heterocycles. The van der Waals surface area contributed by atoms with E-state index in [0.717, 1.165) is 51.9 Å². The van der Waals surface area contributed by atoms with E-state index in [-0.39, 0.29) is 24.5 Å². The van der Waals surface area contributed by atoms with Gasteiger partial charge in [0.05, 0.1) is 6.10 Å². The Morgan fingerprint density at radius 2 is 1.58 bits per heavy atom. The van der Waals surface area contributed by atoms with E-state index in [1.807, 2.05) is 9.80 Å². The summed E-state index contributed by atoms with van der Waals surface area (Å²) in [4.78, 5) is 16.2. The van der Waals surface area contributed by atoms with Crippen molar-refractivity contribution < 1.29 is 9.90 Å². The molecule has 0 aromatic rings. The number of halogens is 1. The van der Waals surface area contributed by atoms with Gasteiger partial charge in [0.15, 0.2) is 0 Å². The molecule has 3 rings (SSSR count). The van der Waals surface area contributed by atoms with Gasteiger partial charge in [0.25, 0.3) is 0 Å². The number of rotatable bonds is 0. The minimum Gasteiger partial charge on any atom is -0.393 e. The highest BCUT2D eigenvalue weighted by Gasteiger charge is 2.41. The molecule has 0 atom stereocenters. The maximum Gasteiger partial charge on any atom is 0.320 e. The Bertz CT molecular complexity index is 318. The molecule has 0 aromatic carbocycles. The molecule has 1 spiro atoms. The zero-order chi connectivity index (χ0) is 12.6. The van der Waals surface area contributed by atoms with Crippen molar-refractivity contribution in [3.8, 4) is 0 Å². The smallest absolute Gasteiger partial charge is 0.320 e. The van der Waals surface area contributed by atoms with Crippen LogP contribution in [0.25, 0.3) is 0 Å². The first-order chi connectivity index (χ1) is 8.69. The third kappa shape index (κ3) is 2.98. The SMILES string of the molecule is Cl.O=C(N1CCC(O)CC1)N1CCC2(CC1)CNC2. The first-order valence-electron chi connectivity index (χ1n) is 7.11. The lowest BCUT2D eigenvalue weighted by molar-refractivity contribution is 0.0462. The van der Waals surface area contributed by atoms with Gasteiger partial charge in [-0.2, -0.15) is 0 Å². The Balaban J connectivity index is 0.00000133. The van der Waals surface area contributed by atoms with E-state index < -0.39 is 0 Å². The summed E-state index contributed by atoms with van der Waals surface area (Å²) in [6.07, 6.45) is 3.53. The number of likely N-dealkylation sites (tertiary alicyclic amines) is 2. The van der Waals surface area contributed by atoms with E-state index in [9.17, 15) is 9.90 Å². The van der Waals surface area contributed by atoms with E-state index in [1.54, 1.807) is 0 Å². The van der Waals surface area contributed by atoms with Crippen molar-refractivity contribution in [3.63, 3.8) is 0 Å². The van der Waals surface area contributed by atoms with Gasteiger partial charge in [0, 0.05) is 39.3 Å². The molecule has 0 bridgehead atoms. The lowest BCUT2D eigenvalue weighted by Crippen LogP contribution is -2.60. The van der Waals surface area contributed by atoms with Gasteiger partial charge >= 0.3 is 6.03 Å². The van der Waals surface area contributed by atoms with Crippen LogP contribution in [0, 0.1) is 5.41 Å². The van der Waals surface area contributed by atoms with Gasteiger partial charge in [-0.25, -0.2) is 4.79 Å². The number of nitrogens with one attached hydrogen (secondary N) is 1. The van der Waals surface area contributed by atoms with E-state index >= 15 is 0 Å². The second kappa shape index (κ2) is 5.85. The van der Waals surface area contributed by atoms with E-state index in [2.05, 4.69) is 5.32 Å². The number of aliphatic hydroxyl groups is 1. The molecule has 19 heavy (non-hydrogen) atoms. The van der Waals surface area contributed by atoms with Gasteiger partial charge in [-0.05, 0) is 31.1 Å². The molecule has 110 valence electrons. The van der Waals surface area contributed by atoms with Gasteiger partial charge in [-0.1, -0.05) is 0 Å². The second-order valence-electron chi connectivity index (χ2n) is 6.09. The van der Waals surface area contributed by atoms with Crippen LogP contribution in [0.3, 0.4) is 0 Å². The lowest BCUT2D eigenvalue weighted by Gasteiger charge is -2.49. The maximum atomic E-state index is 12.3. The van der Waals surface area contributed by atoms with Gasteiger partial charge in [-0.3, -0.25) is 0 Å². The molecule has 6 heteroatoms. The van der Waals surface area contributed by atoms with E-state index in [4.69, 9.17) is 0 Å². The van der Waals surface area contributed by atoms with Crippen LogP contribution in [-0.4, -0.2) is 66.3 Å². The molecule has 0 unspecified atom stereocenters. The number of hydrogen-bond donors (Lipinski definition) is 2. The second-order valence-corrected chi connectivity index (χ2v) is 6.09.